The van der Waals surface area contributed by atoms with E-state index in [-0.39, 0.29) is 5.56 Å². The van der Waals surface area contributed by atoms with Gasteiger partial charge in [-0.1, -0.05) is 26.7 Å². The van der Waals surface area contributed by atoms with Gasteiger partial charge < -0.3 is 14.4 Å². The van der Waals surface area contributed by atoms with Gasteiger partial charge in [-0.15, -0.1) is 0 Å². The van der Waals surface area contributed by atoms with Crippen LogP contribution in [0.1, 0.15) is 49.9 Å². The Morgan fingerprint density at radius 2 is 1.78 bits per heavy atom. The van der Waals surface area contributed by atoms with Crippen LogP contribution in [-0.4, -0.2) is 24.2 Å². The summed E-state index contributed by atoms with van der Waals surface area (Å²) in [6.45, 7) is 6.23. The molecule has 0 aliphatic carbocycles. The fourth-order valence-corrected chi connectivity index (χ4v) is 2.51. The minimum absolute atomic E-state index is 0.334. The zero-order valence-corrected chi connectivity index (χ0v) is 13.7. The quantitative estimate of drug-likeness (QED) is 0.748. The van der Waals surface area contributed by atoms with Crippen molar-refractivity contribution >= 4 is 22.6 Å². The van der Waals surface area contributed by atoms with Gasteiger partial charge in [0.2, 0.25) is 0 Å². The third-order valence-electron chi connectivity index (χ3n) is 3.88. The Kier molecular flexibility index (Phi) is 5.79. The molecule has 0 saturated carbocycles. The molecule has 1 heterocycles. The van der Waals surface area contributed by atoms with Crippen LogP contribution in [0.25, 0.3) is 11.0 Å². The molecule has 0 aliphatic heterocycles. The smallest absolute Gasteiger partial charge is 0.351 e. The highest BCUT2D eigenvalue weighted by molar-refractivity contribution is 5.92. The Balaban J connectivity index is 2.38. The van der Waals surface area contributed by atoms with Crippen LogP contribution in [0.15, 0.2) is 33.5 Å². The van der Waals surface area contributed by atoms with E-state index >= 15 is 0 Å². The van der Waals surface area contributed by atoms with E-state index in [0.717, 1.165) is 44.5 Å². The largest absolute Gasteiger partial charge is 0.477 e. The fraction of sp³-hybridized carbons (Fsp3) is 0.444. The molecular weight excluding hydrogens is 294 g/mol. The van der Waals surface area contributed by atoms with Gasteiger partial charge in [0.25, 0.3) is 0 Å². The van der Waals surface area contributed by atoms with Gasteiger partial charge in [-0.3, -0.25) is 0 Å². The predicted octanol–water partition coefficient (Wildman–Crippen LogP) is 3.90. The maximum atomic E-state index is 11.7. The molecule has 23 heavy (non-hydrogen) atoms. The molecule has 0 radical (unpaired) electrons. The first kappa shape index (κ1) is 17.1. The normalized spacial score (nSPS) is 10.9. The van der Waals surface area contributed by atoms with Gasteiger partial charge in [-0.2, -0.15) is 0 Å². The molecule has 124 valence electrons. The summed E-state index contributed by atoms with van der Waals surface area (Å²) in [5.41, 5.74) is 0.288. The second-order valence-corrected chi connectivity index (χ2v) is 5.67. The molecule has 0 fully saturated rings. The van der Waals surface area contributed by atoms with Gasteiger partial charge in [0, 0.05) is 30.2 Å². The molecule has 0 spiro atoms. The van der Waals surface area contributed by atoms with Crippen LogP contribution < -0.4 is 10.5 Å². The van der Waals surface area contributed by atoms with Crippen molar-refractivity contribution in [2.75, 3.05) is 18.0 Å². The predicted molar refractivity (Wildman–Crippen MR) is 91.5 cm³/mol. The van der Waals surface area contributed by atoms with Crippen molar-refractivity contribution in [1.29, 1.82) is 0 Å². The van der Waals surface area contributed by atoms with Gasteiger partial charge in [0.1, 0.15) is 11.1 Å². The Morgan fingerprint density at radius 3 is 2.35 bits per heavy atom. The first-order chi connectivity index (χ1) is 11.1. The molecule has 0 atom stereocenters. The van der Waals surface area contributed by atoms with E-state index in [1.165, 1.54) is 6.07 Å². The first-order valence-corrected chi connectivity index (χ1v) is 8.13. The van der Waals surface area contributed by atoms with E-state index in [9.17, 15) is 9.59 Å². The third-order valence-corrected chi connectivity index (χ3v) is 3.88. The van der Waals surface area contributed by atoms with E-state index in [1.54, 1.807) is 0 Å². The van der Waals surface area contributed by atoms with Crippen LogP contribution in [0, 0.1) is 0 Å². The molecule has 0 amide bonds. The topological polar surface area (TPSA) is 70.8 Å². The van der Waals surface area contributed by atoms with E-state index < -0.39 is 11.6 Å². The van der Waals surface area contributed by atoms with Crippen LogP contribution in [0.4, 0.5) is 5.69 Å². The van der Waals surface area contributed by atoms with Gasteiger partial charge >= 0.3 is 11.6 Å². The molecule has 5 nitrogen and oxygen atoms in total. The van der Waals surface area contributed by atoms with Crippen LogP contribution in [0.3, 0.4) is 0 Å². The molecule has 5 heteroatoms. The molecule has 1 N–H and O–H groups in total. The zero-order chi connectivity index (χ0) is 16.8. The summed E-state index contributed by atoms with van der Waals surface area (Å²) < 4.78 is 5.19. The lowest BCUT2D eigenvalue weighted by molar-refractivity contribution is 0.0692. The maximum absolute atomic E-state index is 11.7. The molecule has 0 aliphatic rings. The molecule has 1 aromatic heterocycles. The SMILES string of the molecule is CCCCN(CCCC)c1ccc2cc(C(=O)O)c(=O)oc2c1. The second kappa shape index (κ2) is 7.81. The minimum atomic E-state index is -1.27. The zero-order valence-electron chi connectivity index (χ0n) is 13.7. The number of hydrogen-bond acceptors (Lipinski definition) is 4. The van der Waals surface area contributed by atoms with Crippen LogP contribution in [0.5, 0.6) is 0 Å². The number of unbranched alkanes of at least 4 members (excludes halogenated alkanes) is 2. The lowest BCUT2D eigenvalue weighted by atomic mass is 10.1. The number of aromatic carboxylic acids is 1. The summed E-state index contributed by atoms with van der Waals surface area (Å²) in [7, 11) is 0. The molecular formula is C18H23NO4. The number of carbonyl (C=O) groups is 1. The number of anilines is 1. The number of carboxylic acids is 1. The van der Waals surface area contributed by atoms with E-state index in [2.05, 4.69) is 18.7 Å². The van der Waals surface area contributed by atoms with Crippen molar-refractivity contribution in [1.82, 2.24) is 0 Å². The monoisotopic (exact) mass is 317 g/mol. The average Bonchev–Trinajstić information content (AvgIpc) is 2.53. The lowest BCUT2D eigenvalue weighted by Gasteiger charge is -2.24. The minimum Gasteiger partial charge on any atom is -0.477 e. The summed E-state index contributed by atoms with van der Waals surface area (Å²) in [5, 5.41) is 9.62. The number of carboxylic acid groups (broad SMARTS) is 1. The van der Waals surface area contributed by atoms with Gasteiger partial charge in [0.05, 0.1) is 0 Å². The lowest BCUT2D eigenvalue weighted by Crippen LogP contribution is -2.25. The van der Waals surface area contributed by atoms with Gasteiger partial charge in [-0.05, 0) is 31.0 Å². The third kappa shape index (κ3) is 4.12. The van der Waals surface area contributed by atoms with Crippen molar-refractivity contribution in [3.05, 3.63) is 40.2 Å². The molecule has 2 aromatic rings. The Labute approximate surface area is 135 Å². The maximum Gasteiger partial charge on any atom is 0.351 e. The van der Waals surface area contributed by atoms with Crippen LogP contribution in [0.2, 0.25) is 0 Å². The van der Waals surface area contributed by atoms with Crippen molar-refractivity contribution in [2.24, 2.45) is 0 Å². The van der Waals surface area contributed by atoms with Crippen molar-refractivity contribution in [3.63, 3.8) is 0 Å². The Bertz CT molecular complexity index is 727. The Morgan fingerprint density at radius 1 is 1.13 bits per heavy atom. The number of nitrogens with zero attached hydrogens (tertiary/aromatic N) is 1. The van der Waals surface area contributed by atoms with Crippen molar-refractivity contribution in [2.45, 2.75) is 39.5 Å². The van der Waals surface area contributed by atoms with E-state index in [0.29, 0.717) is 11.0 Å². The molecule has 2 rings (SSSR count). The van der Waals surface area contributed by atoms with Gasteiger partial charge in [0.15, 0.2) is 0 Å². The summed E-state index contributed by atoms with van der Waals surface area (Å²) in [4.78, 5) is 25.0. The standard InChI is InChI=1S/C18H23NO4/c1-3-5-9-19(10-6-4-2)14-8-7-13-11-15(17(20)21)18(22)23-16(13)12-14/h7-8,11-12H,3-6,9-10H2,1-2H3,(H,20,21). The highest BCUT2D eigenvalue weighted by Gasteiger charge is 2.13. The van der Waals surface area contributed by atoms with Crippen LogP contribution >= 0.6 is 0 Å². The number of rotatable bonds is 8. The number of fused-ring (bicyclic) bond motifs is 1. The van der Waals surface area contributed by atoms with Crippen molar-refractivity contribution < 1.29 is 14.3 Å². The molecule has 0 saturated heterocycles. The highest BCUT2D eigenvalue weighted by atomic mass is 16.4. The molecule has 0 unspecified atom stereocenters. The summed E-state index contributed by atoms with van der Waals surface area (Å²) in [6.07, 6.45) is 4.44. The second-order valence-electron chi connectivity index (χ2n) is 5.67. The summed E-state index contributed by atoms with van der Waals surface area (Å²) in [5.74, 6) is -1.27. The average molecular weight is 317 g/mol. The van der Waals surface area contributed by atoms with Crippen molar-refractivity contribution in [3.8, 4) is 0 Å². The van der Waals surface area contributed by atoms with E-state index in [1.807, 2.05) is 18.2 Å². The number of benzene rings is 1. The molecule has 1 aromatic carbocycles. The van der Waals surface area contributed by atoms with E-state index in [4.69, 9.17) is 9.52 Å². The summed E-state index contributed by atoms with van der Waals surface area (Å²) in [6, 6.07) is 6.97. The fourth-order valence-electron chi connectivity index (χ4n) is 2.51. The summed E-state index contributed by atoms with van der Waals surface area (Å²) >= 11 is 0. The highest BCUT2D eigenvalue weighted by Crippen LogP contribution is 2.23. The van der Waals surface area contributed by atoms with Crippen LogP contribution in [-0.2, 0) is 0 Å². The first-order valence-electron chi connectivity index (χ1n) is 8.13. The van der Waals surface area contributed by atoms with Gasteiger partial charge in [-0.25, -0.2) is 9.59 Å². The number of hydrogen-bond donors (Lipinski definition) is 1. The Hall–Kier alpha value is -2.30. The molecule has 0 bridgehead atoms.